The van der Waals surface area contributed by atoms with E-state index in [0.717, 1.165) is 5.56 Å². The third-order valence-corrected chi connectivity index (χ3v) is 3.16. The molecular weight excluding hydrogens is 280 g/mol. The van der Waals surface area contributed by atoms with Gasteiger partial charge < -0.3 is 15.3 Å². The lowest BCUT2D eigenvalue weighted by Crippen LogP contribution is -2.37. The zero-order chi connectivity index (χ0) is 15.9. The Bertz CT molecular complexity index is 595. The van der Waals surface area contributed by atoms with E-state index in [1.54, 1.807) is 10.9 Å². The van der Waals surface area contributed by atoms with Crippen molar-refractivity contribution in [3.05, 3.63) is 53.9 Å². The normalized spacial score (nSPS) is 12.4. The molecule has 0 aliphatic heterocycles. The molecule has 1 amide bonds. The second-order valence-corrected chi connectivity index (χ2v) is 5.54. The summed E-state index contributed by atoms with van der Waals surface area (Å²) < 4.78 is 1.72. The van der Waals surface area contributed by atoms with E-state index in [0.29, 0.717) is 18.7 Å². The quantitative estimate of drug-likeness (QED) is 0.785. The minimum atomic E-state index is -0.585. The topological polar surface area (TPSA) is 70.4 Å². The molecule has 0 spiro atoms. The first kappa shape index (κ1) is 16.2. The number of aliphatic hydroxyl groups is 1. The third-order valence-electron chi connectivity index (χ3n) is 3.16. The van der Waals surface area contributed by atoms with Crippen molar-refractivity contribution in [3.63, 3.8) is 0 Å². The van der Waals surface area contributed by atoms with E-state index in [-0.39, 0.29) is 12.5 Å². The Kier molecular flexibility index (Phi) is 5.68. The van der Waals surface area contributed by atoms with Crippen molar-refractivity contribution >= 4 is 5.91 Å². The molecule has 6 heteroatoms. The lowest BCUT2D eigenvalue weighted by atomic mass is 10.2. The summed E-state index contributed by atoms with van der Waals surface area (Å²) >= 11 is 0. The predicted octanol–water partition coefficient (Wildman–Crippen LogP) is 0.584. The van der Waals surface area contributed by atoms with Crippen LogP contribution in [0.4, 0.5) is 0 Å². The van der Waals surface area contributed by atoms with Crippen molar-refractivity contribution < 1.29 is 9.90 Å². The molecule has 2 N–H and O–H groups in total. The summed E-state index contributed by atoms with van der Waals surface area (Å²) in [6.07, 6.45) is 2.66. The number of hydrogen-bond donors (Lipinski definition) is 2. The van der Waals surface area contributed by atoms with Gasteiger partial charge in [0.25, 0.3) is 5.91 Å². The summed E-state index contributed by atoms with van der Waals surface area (Å²) in [6.45, 7) is 1.35. The van der Waals surface area contributed by atoms with Crippen LogP contribution in [0.15, 0.2) is 42.7 Å². The van der Waals surface area contributed by atoms with Gasteiger partial charge in [-0.25, -0.2) is 0 Å². The maximum absolute atomic E-state index is 12.0. The van der Waals surface area contributed by atoms with Gasteiger partial charge in [-0.15, -0.1) is 0 Å². The Hall–Kier alpha value is -2.18. The van der Waals surface area contributed by atoms with Gasteiger partial charge in [-0.2, -0.15) is 5.10 Å². The molecule has 0 aliphatic rings. The average molecular weight is 302 g/mol. The zero-order valence-corrected chi connectivity index (χ0v) is 12.9. The van der Waals surface area contributed by atoms with Crippen molar-refractivity contribution in [1.29, 1.82) is 0 Å². The SMILES string of the molecule is CN(C)CC(O)CNC(=O)c1cnn(Cc2ccccc2)c1. The number of carbonyl (C=O) groups excluding carboxylic acids is 1. The van der Waals surface area contributed by atoms with Crippen molar-refractivity contribution in [1.82, 2.24) is 20.0 Å². The second kappa shape index (κ2) is 7.72. The van der Waals surface area contributed by atoms with Gasteiger partial charge in [0.05, 0.1) is 24.4 Å². The summed E-state index contributed by atoms with van der Waals surface area (Å²) in [5, 5.41) is 16.6. The highest BCUT2D eigenvalue weighted by Crippen LogP contribution is 2.04. The number of rotatable bonds is 7. The van der Waals surface area contributed by atoms with Gasteiger partial charge in [-0.3, -0.25) is 9.48 Å². The number of aromatic nitrogens is 2. The highest BCUT2D eigenvalue weighted by atomic mass is 16.3. The summed E-state index contributed by atoms with van der Waals surface area (Å²) in [7, 11) is 3.75. The van der Waals surface area contributed by atoms with Crippen LogP contribution in [-0.4, -0.2) is 59.0 Å². The van der Waals surface area contributed by atoms with Crippen LogP contribution >= 0.6 is 0 Å². The molecule has 0 bridgehead atoms. The Labute approximate surface area is 130 Å². The average Bonchev–Trinajstić information content (AvgIpc) is 2.94. The molecule has 6 nitrogen and oxygen atoms in total. The standard InChI is InChI=1S/C16H22N4O2/c1-19(2)12-15(21)9-17-16(22)14-8-18-20(11-14)10-13-6-4-3-5-7-13/h3-8,11,15,21H,9-10,12H2,1-2H3,(H,17,22). The number of aliphatic hydroxyl groups excluding tert-OH is 1. The van der Waals surface area contributed by atoms with Gasteiger partial charge in [0.15, 0.2) is 0 Å². The molecule has 1 unspecified atom stereocenters. The number of carbonyl (C=O) groups is 1. The molecule has 0 saturated carbocycles. The minimum Gasteiger partial charge on any atom is -0.390 e. The molecule has 0 radical (unpaired) electrons. The number of likely N-dealkylation sites (N-methyl/N-ethyl adjacent to an activating group) is 1. The van der Waals surface area contributed by atoms with Gasteiger partial charge in [0, 0.05) is 19.3 Å². The smallest absolute Gasteiger partial charge is 0.254 e. The molecule has 0 saturated heterocycles. The summed E-state index contributed by atoms with van der Waals surface area (Å²) in [5.41, 5.74) is 1.62. The number of amides is 1. The van der Waals surface area contributed by atoms with E-state index in [1.807, 2.05) is 49.3 Å². The summed E-state index contributed by atoms with van der Waals surface area (Å²) in [5.74, 6) is -0.225. The van der Waals surface area contributed by atoms with Crippen molar-refractivity contribution in [2.24, 2.45) is 0 Å². The van der Waals surface area contributed by atoms with Crippen molar-refractivity contribution in [2.75, 3.05) is 27.2 Å². The van der Waals surface area contributed by atoms with Crippen LogP contribution in [0.2, 0.25) is 0 Å². The van der Waals surface area contributed by atoms with E-state index >= 15 is 0 Å². The molecule has 1 aromatic heterocycles. The highest BCUT2D eigenvalue weighted by Gasteiger charge is 2.11. The van der Waals surface area contributed by atoms with Crippen molar-refractivity contribution in [2.45, 2.75) is 12.6 Å². The van der Waals surface area contributed by atoms with Crippen LogP contribution in [0, 0.1) is 0 Å². The lowest BCUT2D eigenvalue weighted by Gasteiger charge is -2.16. The first-order chi connectivity index (χ1) is 10.5. The number of hydrogen-bond acceptors (Lipinski definition) is 4. The molecule has 2 rings (SSSR count). The number of benzene rings is 1. The molecule has 1 aromatic carbocycles. The Morgan fingerprint density at radius 2 is 2.09 bits per heavy atom. The molecule has 0 aliphatic carbocycles. The van der Waals surface area contributed by atoms with Gasteiger partial charge >= 0.3 is 0 Å². The van der Waals surface area contributed by atoms with Crippen LogP contribution in [0.3, 0.4) is 0 Å². The van der Waals surface area contributed by atoms with Crippen molar-refractivity contribution in [3.8, 4) is 0 Å². The largest absolute Gasteiger partial charge is 0.390 e. The maximum Gasteiger partial charge on any atom is 0.254 e. The van der Waals surface area contributed by atoms with Crippen LogP contribution in [0.25, 0.3) is 0 Å². The number of nitrogens with one attached hydrogen (secondary N) is 1. The summed E-state index contributed by atoms with van der Waals surface area (Å²) in [4.78, 5) is 13.9. The first-order valence-corrected chi connectivity index (χ1v) is 7.22. The van der Waals surface area contributed by atoms with Gasteiger partial charge in [-0.1, -0.05) is 30.3 Å². The monoisotopic (exact) mass is 302 g/mol. The molecule has 0 fully saturated rings. The minimum absolute atomic E-state index is 0.223. The first-order valence-electron chi connectivity index (χ1n) is 7.22. The highest BCUT2D eigenvalue weighted by molar-refractivity contribution is 5.93. The Balaban J connectivity index is 1.86. The summed E-state index contributed by atoms with van der Waals surface area (Å²) in [6, 6.07) is 9.93. The van der Waals surface area contributed by atoms with Gasteiger partial charge in [0.1, 0.15) is 0 Å². The fourth-order valence-corrected chi connectivity index (χ4v) is 2.14. The van der Waals surface area contributed by atoms with E-state index < -0.39 is 6.10 Å². The van der Waals surface area contributed by atoms with Crippen LogP contribution < -0.4 is 5.32 Å². The second-order valence-electron chi connectivity index (χ2n) is 5.54. The third kappa shape index (κ3) is 4.98. The van der Waals surface area contributed by atoms with E-state index in [2.05, 4.69) is 10.4 Å². The molecule has 2 aromatic rings. The van der Waals surface area contributed by atoms with E-state index in [4.69, 9.17) is 0 Å². The molecule has 1 heterocycles. The van der Waals surface area contributed by atoms with Crippen LogP contribution in [0.5, 0.6) is 0 Å². The molecule has 118 valence electrons. The molecular formula is C16H22N4O2. The maximum atomic E-state index is 12.0. The van der Waals surface area contributed by atoms with Gasteiger partial charge in [-0.05, 0) is 19.7 Å². The fraction of sp³-hybridized carbons (Fsp3) is 0.375. The predicted molar refractivity (Wildman–Crippen MR) is 84.7 cm³/mol. The lowest BCUT2D eigenvalue weighted by molar-refractivity contribution is 0.0892. The fourth-order valence-electron chi connectivity index (χ4n) is 2.14. The Morgan fingerprint density at radius 1 is 1.36 bits per heavy atom. The number of nitrogens with zero attached hydrogens (tertiary/aromatic N) is 3. The van der Waals surface area contributed by atoms with Gasteiger partial charge in [0.2, 0.25) is 0 Å². The Morgan fingerprint density at radius 3 is 2.77 bits per heavy atom. The van der Waals surface area contributed by atoms with E-state index in [1.165, 1.54) is 6.20 Å². The van der Waals surface area contributed by atoms with E-state index in [9.17, 15) is 9.90 Å². The molecule has 1 atom stereocenters. The van der Waals surface area contributed by atoms with Crippen LogP contribution in [0.1, 0.15) is 15.9 Å². The zero-order valence-electron chi connectivity index (χ0n) is 12.9. The van der Waals surface area contributed by atoms with Crippen LogP contribution in [-0.2, 0) is 6.54 Å². The molecule has 22 heavy (non-hydrogen) atoms.